The van der Waals surface area contributed by atoms with Gasteiger partial charge in [0.2, 0.25) is 12.7 Å². The standard InChI is InChI=1S/C27H21N3O4/c31-27(28-20-10-12-24-25(14-20)34-17-33-24)15-30-23-8-4-3-7-22(23)29-26(30)16-32-21-11-9-18-5-1-2-6-19(18)13-21/h1-14H,15-17H2,(H,28,31). The highest BCUT2D eigenvalue weighted by Crippen LogP contribution is 2.34. The monoisotopic (exact) mass is 451 g/mol. The van der Waals surface area contributed by atoms with Gasteiger partial charge in [0.05, 0.1) is 11.0 Å². The molecule has 0 aliphatic carbocycles. The zero-order valence-electron chi connectivity index (χ0n) is 18.2. The van der Waals surface area contributed by atoms with Gasteiger partial charge < -0.3 is 24.1 Å². The highest BCUT2D eigenvalue weighted by atomic mass is 16.7. The SMILES string of the molecule is O=C(Cn1c(COc2ccc3ccccc3c2)nc2ccccc21)Nc1ccc2c(c1)OCO2. The molecule has 1 N–H and O–H groups in total. The van der Waals surface area contributed by atoms with Crippen LogP contribution in [0.1, 0.15) is 5.82 Å². The van der Waals surface area contributed by atoms with Crippen LogP contribution >= 0.6 is 0 Å². The Morgan fingerprint density at radius 3 is 2.68 bits per heavy atom. The molecule has 2 heterocycles. The molecule has 0 unspecified atom stereocenters. The van der Waals surface area contributed by atoms with Crippen molar-refractivity contribution in [1.82, 2.24) is 9.55 Å². The topological polar surface area (TPSA) is 74.6 Å². The second-order valence-corrected chi connectivity index (χ2v) is 8.02. The van der Waals surface area contributed by atoms with Crippen LogP contribution in [0.25, 0.3) is 21.8 Å². The predicted octanol–water partition coefficient (Wildman–Crippen LogP) is 5.14. The number of benzene rings is 4. The van der Waals surface area contributed by atoms with Gasteiger partial charge in [-0.1, -0.05) is 42.5 Å². The van der Waals surface area contributed by atoms with Crippen LogP contribution in [0, 0.1) is 0 Å². The molecule has 6 rings (SSSR count). The molecular formula is C27H21N3O4. The second kappa shape index (κ2) is 8.44. The lowest BCUT2D eigenvalue weighted by atomic mass is 10.1. The molecule has 7 heteroatoms. The number of nitrogens with zero attached hydrogens (tertiary/aromatic N) is 2. The summed E-state index contributed by atoms with van der Waals surface area (Å²) in [6.07, 6.45) is 0. The van der Waals surface area contributed by atoms with E-state index >= 15 is 0 Å². The van der Waals surface area contributed by atoms with Gasteiger partial charge in [0, 0.05) is 11.8 Å². The van der Waals surface area contributed by atoms with Gasteiger partial charge in [-0.25, -0.2) is 4.98 Å². The fourth-order valence-corrected chi connectivity index (χ4v) is 4.14. The Kier molecular flexibility index (Phi) is 4.99. The van der Waals surface area contributed by atoms with E-state index in [1.54, 1.807) is 18.2 Å². The van der Waals surface area contributed by atoms with Crippen LogP contribution in [0.2, 0.25) is 0 Å². The molecule has 34 heavy (non-hydrogen) atoms. The van der Waals surface area contributed by atoms with E-state index in [2.05, 4.69) is 17.4 Å². The quantitative estimate of drug-likeness (QED) is 0.387. The number of para-hydroxylation sites is 2. The summed E-state index contributed by atoms with van der Waals surface area (Å²) in [6.45, 7) is 0.532. The van der Waals surface area contributed by atoms with E-state index in [1.807, 2.05) is 59.2 Å². The fourth-order valence-electron chi connectivity index (χ4n) is 4.14. The lowest BCUT2D eigenvalue weighted by Gasteiger charge is -2.12. The number of ether oxygens (including phenoxy) is 3. The van der Waals surface area contributed by atoms with Crippen LogP contribution in [-0.2, 0) is 17.9 Å². The van der Waals surface area contributed by atoms with Crippen molar-refractivity contribution >= 4 is 33.4 Å². The van der Waals surface area contributed by atoms with Crippen LogP contribution in [0.5, 0.6) is 17.2 Å². The summed E-state index contributed by atoms with van der Waals surface area (Å²) in [6, 6.07) is 27.2. The molecule has 1 aromatic heterocycles. The Morgan fingerprint density at radius 1 is 0.912 bits per heavy atom. The molecule has 0 radical (unpaired) electrons. The van der Waals surface area contributed by atoms with Crippen molar-refractivity contribution in [3.63, 3.8) is 0 Å². The second-order valence-electron chi connectivity index (χ2n) is 8.02. The molecule has 0 atom stereocenters. The summed E-state index contributed by atoms with van der Waals surface area (Å²) in [7, 11) is 0. The first-order valence-corrected chi connectivity index (χ1v) is 11.0. The van der Waals surface area contributed by atoms with Gasteiger partial charge in [-0.2, -0.15) is 0 Å². The molecule has 1 amide bonds. The zero-order chi connectivity index (χ0) is 22.9. The predicted molar refractivity (Wildman–Crippen MR) is 129 cm³/mol. The number of carbonyl (C=O) groups excluding carboxylic acids is 1. The number of fused-ring (bicyclic) bond motifs is 3. The maximum atomic E-state index is 12.9. The van der Waals surface area contributed by atoms with Crippen LogP contribution in [0.3, 0.4) is 0 Å². The minimum Gasteiger partial charge on any atom is -0.486 e. The molecule has 1 aliphatic heterocycles. The lowest BCUT2D eigenvalue weighted by molar-refractivity contribution is -0.116. The van der Waals surface area contributed by atoms with Gasteiger partial charge in [-0.15, -0.1) is 0 Å². The van der Waals surface area contributed by atoms with Gasteiger partial charge in [0.1, 0.15) is 24.7 Å². The molecule has 0 saturated carbocycles. The summed E-state index contributed by atoms with van der Waals surface area (Å²) in [5, 5.41) is 5.19. The Morgan fingerprint density at radius 2 is 1.74 bits per heavy atom. The van der Waals surface area contributed by atoms with E-state index in [0.29, 0.717) is 23.0 Å². The number of imidazole rings is 1. The fraction of sp³-hybridized carbons (Fsp3) is 0.111. The molecule has 7 nitrogen and oxygen atoms in total. The van der Waals surface area contributed by atoms with Crippen molar-refractivity contribution in [2.75, 3.05) is 12.1 Å². The Bertz CT molecular complexity index is 1530. The summed E-state index contributed by atoms with van der Waals surface area (Å²) < 4.78 is 18.7. The molecule has 1 aliphatic rings. The number of aromatic nitrogens is 2. The minimum atomic E-state index is -0.172. The van der Waals surface area contributed by atoms with Crippen molar-refractivity contribution in [2.45, 2.75) is 13.2 Å². The number of anilines is 1. The first-order valence-electron chi connectivity index (χ1n) is 11.0. The summed E-state index contributed by atoms with van der Waals surface area (Å²) in [4.78, 5) is 17.6. The maximum absolute atomic E-state index is 12.9. The van der Waals surface area contributed by atoms with Crippen LogP contribution in [-0.4, -0.2) is 22.3 Å². The summed E-state index contributed by atoms with van der Waals surface area (Å²) >= 11 is 0. The lowest BCUT2D eigenvalue weighted by Crippen LogP contribution is -2.20. The van der Waals surface area contributed by atoms with E-state index in [4.69, 9.17) is 19.2 Å². The smallest absolute Gasteiger partial charge is 0.244 e. The maximum Gasteiger partial charge on any atom is 0.244 e. The van der Waals surface area contributed by atoms with Crippen molar-refractivity contribution in [3.8, 4) is 17.2 Å². The van der Waals surface area contributed by atoms with Crippen molar-refractivity contribution < 1.29 is 19.0 Å². The third-order valence-corrected chi connectivity index (χ3v) is 5.78. The van der Waals surface area contributed by atoms with E-state index < -0.39 is 0 Å². The number of hydrogen-bond donors (Lipinski definition) is 1. The third kappa shape index (κ3) is 3.88. The average Bonchev–Trinajstić information content (AvgIpc) is 3.47. The van der Waals surface area contributed by atoms with E-state index in [9.17, 15) is 4.79 Å². The van der Waals surface area contributed by atoms with Crippen molar-refractivity contribution in [3.05, 3.63) is 90.8 Å². The summed E-state index contributed by atoms with van der Waals surface area (Å²) in [5.74, 6) is 2.55. The Labute approximate surface area is 195 Å². The van der Waals surface area contributed by atoms with Crippen LogP contribution < -0.4 is 19.5 Å². The molecule has 4 aromatic carbocycles. The number of hydrogen-bond acceptors (Lipinski definition) is 5. The van der Waals surface area contributed by atoms with E-state index in [1.165, 1.54) is 0 Å². The van der Waals surface area contributed by atoms with Gasteiger partial charge in [0.25, 0.3) is 0 Å². The van der Waals surface area contributed by atoms with Crippen molar-refractivity contribution in [1.29, 1.82) is 0 Å². The van der Waals surface area contributed by atoms with Gasteiger partial charge in [-0.3, -0.25) is 4.79 Å². The van der Waals surface area contributed by atoms with Gasteiger partial charge >= 0.3 is 0 Å². The average molecular weight is 451 g/mol. The van der Waals surface area contributed by atoms with E-state index in [-0.39, 0.29) is 25.9 Å². The summed E-state index contributed by atoms with van der Waals surface area (Å²) in [5.41, 5.74) is 2.34. The normalized spacial score (nSPS) is 12.2. The van der Waals surface area contributed by atoms with Crippen LogP contribution in [0.15, 0.2) is 84.9 Å². The molecule has 0 fully saturated rings. The highest BCUT2D eigenvalue weighted by Gasteiger charge is 2.17. The molecule has 0 saturated heterocycles. The number of carbonyl (C=O) groups is 1. The minimum absolute atomic E-state index is 0.103. The molecule has 168 valence electrons. The number of rotatable bonds is 6. The first kappa shape index (κ1) is 20.1. The number of amides is 1. The van der Waals surface area contributed by atoms with Gasteiger partial charge in [0.15, 0.2) is 11.5 Å². The molecule has 0 bridgehead atoms. The molecule has 5 aromatic rings. The largest absolute Gasteiger partial charge is 0.486 e. The number of nitrogens with one attached hydrogen (secondary N) is 1. The third-order valence-electron chi connectivity index (χ3n) is 5.78. The first-order chi connectivity index (χ1) is 16.7. The Balaban J connectivity index is 1.23. The van der Waals surface area contributed by atoms with Crippen LogP contribution in [0.4, 0.5) is 5.69 Å². The van der Waals surface area contributed by atoms with Gasteiger partial charge in [-0.05, 0) is 47.2 Å². The highest BCUT2D eigenvalue weighted by molar-refractivity contribution is 5.92. The zero-order valence-corrected chi connectivity index (χ0v) is 18.2. The molecule has 0 spiro atoms. The van der Waals surface area contributed by atoms with E-state index in [0.717, 1.165) is 27.6 Å². The molecular weight excluding hydrogens is 430 g/mol. The van der Waals surface area contributed by atoms with Crippen molar-refractivity contribution in [2.24, 2.45) is 0 Å². The Hall–Kier alpha value is -4.52.